The molecule has 1 heterocycles. The van der Waals surface area contributed by atoms with E-state index in [0.29, 0.717) is 0 Å². The van der Waals surface area contributed by atoms with Gasteiger partial charge in [-0.15, -0.1) is 0 Å². The van der Waals surface area contributed by atoms with Gasteiger partial charge in [-0.2, -0.15) is 0 Å². The quantitative estimate of drug-likeness (QED) is 0.577. The van der Waals surface area contributed by atoms with E-state index in [0.717, 1.165) is 32.0 Å². The van der Waals surface area contributed by atoms with Gasteiger partial charge in [0.1, 0.15) is 0 Å². The summed E-state index contributed by atoms with van der Waals surface area (Å²) in [6.07, 6.45) is 1.11. The van der Waals surface area contributed by atoms with Crippen molar-refractivity contribution in [2.45, 2.75) is 20.3 Å². The van der Waals surface area contributed by atoms with Gasteiger partial charge in [0.25, 0.3) is 0 Å². The minimum absolute atomic E-state index is 0.0817. The molecule has 0 aliphatic carbocycles. The van der Waals surface area contributed by atoms with Crippen LogP contribution >= 0.6 is 0 Å². The number of hydrogen-bond donors (Lipinski definition) is 3. The monoisotopic (exact) mass is 185 g/mol. The molecule has 3 N–H and O–H groups in total. The lowest BCUT2D eigenvalue weighted by atomic mass is 9.95. The number of rotatable bonds is 3. The maximum absolute atomic E-state index is 9.02. The third-order valence-corrected chi connectivity index (χ3v) is 2.06. The molecule has 0 atom stereocenters. The third kappa shape index (κ3) is 3.63. The van der Waals surface area contributed by atoms with Gasteiger partial charge < -0.3 is 15.7 Å². The fourth-order valence-corrected chi connectivity index (χ4v) is 1.03. The number of aliphatic hydroxyl groups is 1. The van der Waals surface area contributed by atoms with Crippen LogP contribution in [0.15, 0.2) is 4.99 Å². The van der Waals surface area contributed by atoms with E-state index >= 15 is 0 Å². The van der Waals surface area contributed by atoms with E-state index in [4.69, 9.17) is 5.11 Å². The minimum Gasteiger partial charge on any atom is -0.396 e. The summed E-state index contributed by atoms with van der Waals surface area (Å²) in [7, 11) is 0. The van der Waals surface area contributed by atoms with Gasteiger partial charge >= 0.3 is 0 Å². The van der Waals surface area contributed by atoms with E-state index in [2.05, 4.69) is 15.6 Å². The number of aliphatic hydroxyl groups excluding tert-OH is 1. The molecular formula is C9H19N3O. The topological polar surface area (TPSA) is 56.6 Å². The first-order valence-corrected chi connectivity index (χ1v) is 4.77. The second-order valence-corrected chi connectivity index (χ2v) is 4.19. The molecule has 4 nitrogen and oxygen atoms in total. The Hall–Kier alpha value is -0.770. The molecule has 1 aliphatic rings. The maximum atomic E-state index is 9.02. The summed E-state index contributed by atoms with van der Waals surface area (Å²) >= 11 is 0. The highest BCUT2D eigenvalue weighted by Gasteiger charge is 2.16. The van der Waals surface area contributed by atoms with E-state index < -0.39 is 0 Å². The van der Waals surface area contributed by atoms with Gasteiger partial charge in [0.15, 0.2) is 5.96 Å². The highest BCUT2D eigenvalue weighted by atomic mass is 16.3. The van der Waals surface area contributed by atoms with Gasteiger partial charge in [0, 0.05) is 31.7 Å². The van der Waals surface area contributed by atoms with Gasteiger partial charge in [-0.25, -0.2) is 0 Å². The van der Waals surface area contributed by atoms with Crippen molar-refractivity contribution in [2.24, 2.45) is 10.4 Å². The summed E-state index contributed by atoms with van der Waals surface area (Å²) < 4.78 is 0. The van der Waals surface area contributed by atoms with E-state index in [1.807, 2.05) is 13.8 Å². The molecule has 0 saturated carbocycles. The molecule has 0 bridgehead atoms. The van der Waals surface area contributed by atoms with Crippen LogP contribution in [0.1, 0.15) is 20.3 Å². The normalized spacial score (nSPS) is 17.6. The second kappa shape index (κ2) is 4.46. The molecule has 0 aromatic rings. The Morgan fingerprint density at radius 3 is 2.92 bits per heavy atom. The molecule has 0 aromatic heterocycles. The summed E-state index contributed by atoms with van der Waals surface area (Å²) in [6.45, 7) is 6.86. The molecule has 76 valence electrons. The van der Waals surface area contributed by atoms with E-state index in [-0.39, 0.29) is 12.0 Å². The third-order valence-electron chi connectivity index (χ3n) is 2.06. The first-order valence-electron chi connectivity index (χ1n) is 4.77. The largest absolute Gasteiger partial charge is 0.396 e. The lowest BCUT2D eigenvalue weighted by Crippen LogP contribution is -2.45. The molecular weight excluding hydrogens is 166 g/mol. The van der Waals surface area contributed by atoms with Crippen molar-refractivity contribution in [2.75, 3.05) is 26.2 Å². The lowest BCUT2D eigenvalue weighted by Gasteiger charge is -2.24. The van der Waals surface area contributed by atoms with Gasteiger partial charge in [-0.1, -0.05) is 13.8 Å². The van der Waals surface area contributed by atoms with Crippen LogP contribution in [0.3, 0.4) is 0 Å². The molecule has 0 saturated heterocycles. The predicted molar refractivity (Wildman–Crippen MR) is 53.8 cm³/mol. The van der Waals surface area contributed by atoms with Crippen molar-refractivity contribution in [1.82, 2.24) is 10.6 Å². The van der Waals surface area contributed by atoms with E-state index in [1.54, 1.807) is 0 Å². The fraction of sp³-hybridized carbons (Fsp3) is 0.889. The van der Waals surface area contributed by atoms with Crippen LogP contribution in [-0.4, -0.2) is 37.3 Å². The molecule has 0 radical (unpaired) electrons. The molecule has 0 fully saturated rings. The van der Waals surface area contributed by atoms with Crippen LogP contribution in [0.4, 0.5) is 0 Å². The van der Waals surface area contributed by atoms with Gasteiger partial charge in [0.05, 0.1) is 0 Å². The maximum Gasteiger partial charge on any atom is 0.191 e. The number of nitrogens with one attached hydrogen (secondary N) is 2. The lowest BCUT2D eigenvalue weighted by molar-refractivity contribution is 0.162. The first kappa shape index (κ1) is 10.3. The molecule has 0 aromatic carbocycles. The SMILES string of the molecule is CC(C)(CO)CNC1=NCCCN1. The number of aliphatic imine (C=N–C) groups is 1. The predicted octanol–water partition coefficient (Wildman–Crippen LogP) is -0.0562. The average molecular weight is 185 g/mol. The van der Waals surface area contributed by atoms with E-state index in [1.165, 1.54) is 0 Å². The molecule has 0 unspecified atom stereocenters. The highest BCUT2D eigenvalue weighted by molar-refractivity contribution is 5.80. The van der Waals surface area contributed by atoms with Crippen molar-refractivity contribution >= 4 is 5.96 Å². The minimum atomic E-state index is -0.0817. The smallest absolute Gasteiger partial charge is 0.191 e. The number of hydrogen-bond acceptors (Lipinski definition) is 4. The standard InChI is InChI=1S/C9H19N3O/c1-9(2,7-13)6-12-8-10-4-3-5-11-8/h13H,3-7H2,1-2H3,(H2,10,11,12). The van der Waals surface area contributed by atoms with Crippen LogP contribution in [0.5, 0.6) is 0 Å². The van der Waals surface area contributed by atoms with Crippen LogP contribution in [0, 0.1) is 5.41 Å². The summed E-state index contributed by atoms with van der Waals surface area (Å²) in [5, 5.41) is 15.4. The Kier molecular flexibility index (Phi) is 3.54. The summed E-state index contributed by atoms with van der Waals surface area (Å²) in [6, 6.07) is 0. The van der Waals surface area contributed by atoms with Crippen molar-refractivity contribution in [3.05, 3.63) is 0 Å². The number of guanidine groups is 1. The van der Waals surface area contributed by atoms with E-state index in [9.17, 15) is 0 Å². The van der Waals surface area contributed by atoms with Crippen LogP contribution in [-0.2, 0) is 0 Å². The average Bonchev–Trinajstić information content (AvgIpc) is 2.17. The molecule has 13 heavy (non-hydrogen) atoms. The Balaban J connectivity index is 2.29. The van der Waals surface area contributed by atoms with Crippen molar-refractivity contribution in [3.63, 3.8) is 0 Å². The summed E-state index contributed by atoms with van der Waals surface area (Å²) in [5.74, 6) is 0.868. The van der Waals surface area contributed by atoms with Crippen LogP contribution in [0.25, 0.3) is 0 Å². The zero-order valence-corrected chi connectivity index (χ0v) is 8.43. The first-order chi connectivity index (χ1) is 6.14. The highest BCUT2D eigenvalue weighted by Crippen LogP contribution is 2.10. The Bertz CT molecular complexity index is 189. The van der Waals surface area contributed by atoms with Gasteiger partial charge in [0.2, 0.25) is 0 Å². The zero-order valence-electron chi connectivity index (χ0n) is 8.43. The molecule has 0 spiro atoms. The molecule has 0 amide bonds. The van der Waals surface area contributed by atoms with Gasteiger partial charge in [-0.05, 0) is 6.42 Å². The molecule has 1 aliphatic heterocycles. The van der Waals surface area contributed by atoms with Crippen molar-refractivity contribution < 1.29 is 5.11 Å². The Morgan fingerprint density at radius 2 is 2.38 bits per heavy atom. The van der Waals surface area contributed by atoms with Crippen molar-refractivity contribution in [1.29, 1.82) is 0 Å². The number of nitrogens with zero attached hydrogens (tertiary/aromatic N) is 1. The summed E-state index contributed by atoms with van der Waals surface area (Å²) in [5.41, 5.74) is -0.0817. The molecule has 4 heteroatoms. The summed E-state index contributed by atoms with van der Waals surface area (Å²) in [4.78, 5) is 4.28. The van der Waals surface area contributed by atoms with Gasteiger partial charge in [-0.3, -0.25) is 4.99 Å². The zero-order chi connectivity index (χ0) is 9.73. The van der Waals surface area contributed by atoms with Crippen LogP contribution < -0.4 is 10.6 Å². The molecule has 1 rings (SSSR count). The second-order valence-electron chi connectivity index (χ2n) is 4.19. The Labute approximate surface area is 79.4 Å². The van der Waals surface area contributed by atoms with Crippen LogP contribution in [0.2, 0.25) is 0 Å². The fourth-order valence-electron chi connectivity index (χ4n) is 1.03. The van der Waals surface area contributed by atoms with Crippen molar-refractivity contribution in [3.8, 4) is 0 Å². The Morgan fingerprint density at radius 1 is 1.62 bits per heavy atom.